The van der Waals surface area contributed by atoms with Crippen molar-refractivity contribution in [2.75, 3.05) is 0 Å². The van der Waals surface area contributed by atoms with Gasteiger partial charge in [-0.3, -0.25) is 0 Å². The Morgan fingerprint density at radius 2 is 0.933 bits per heavy atom. The van der Waals surface area contributed by atoms with Crippen molar-refractivity contribution in [1.82, 2.24) is 15.0 Å². The second kappa shape index (κ2) is 7.94. The molecule has 0 radical (unpaired) electrons. The van der Waals surface area contributed by atoms with Gasteiger partial charge in [0.2, 0.25) is 0 Å². The summed E-state index contributed by atoms with van der Waals surface area (Å²) >= 11 is 3.36. The van der Waals surface area contributed by atoms with Gasteiger partial charge in [0.05, 0.1) is 22.8 Å². The summed E-state index contributed by atoms with van der Waals surface area (Å²) in [5.74, 6) is 0. The van der Waals surface area contributed by atoms with E-state index in [9.17, 15) is 0 Å². The largest absolute Gasteiger partial charge is 0.243 e. The van der Waals surface area contributed by atoms with E-state index < -0.39 is 0 Å². The third-order valence-electron chi connectivity index (χ3n) is 4.87. The third-order valence-corrected chi connectivity index (χ3v) is 6.86. The topological polar surface area (TPSA) is 38.7 Å². The molecule has 0 fully saturated rings. The lowest BCUT2D eigenvalue weighted by molar-refractivity contribution is 1.27. The Morgan fingerprint density at radius 1 is 0.500 bits per heavy atom. The Labute approximate surface area is 183 Å². The molecule has 0 spiro atoms. The smallest absolute Gasteiger partial charge is 0.142 e. The Balaban J connectivity index is 1.52. The zero-order valence-corrected chi connectivity index (χ0v) is 18.3. The van der Waals surface area contributed by atoms with E-state index in [0.717, 1.165) is 43.9 Å². The predicted molar refractivity (Wildman–Crippen MR) is 127 cm³/mol. The van der Waals surface area contributed by atoms with E-state index in [-0.39, 0.29) is 0 Å². The van der Waals surface area contributed by atoms with Crippen LogP contribution in [0.3, 0.4) is 0 Å². The molecule has 0 saturated carbocycles. The number of rotatable bonds is 4. The van der Waals surface area contributed by atoms with Gasteiger partial charge in [-0.05, 0) is 26.0 Å². The lowest BCUT2D eigenvalue weighted by Gasteiger charge is -2.00. The van der Waals surface area contributed by atoms with E-state index in [1.165, 1.54) is 9.75 Å². The summed E-state index contributed by atoms with van der Waals surface area (Å²) in [6, 6.07) is 26.7. The SMILES string of the molecule is Cc1sc(-c2cccc(-c3nc(-c4ccccc4)c(C)s3)n2)nc1-c1ccccc1. The van der Waals surface area contributed by atoms with Crippen LogP contribution in [0.1, 0.15) is 9.75 Å². The maximum absolute atomic E-state index is 4.91. The van der Waals surface area contributed by atoms with E-state index in [0.29, 0.717) is 0 Å². The standard InChI is InChI=1S/C25H19N3S2/c1-16-22(18-10-5-3-6-11-18)27-24(29-16)20-14-9-15-21(26-20)25-28-23(17(2)30-25)19-12-7-4-8-13-19/h3-15H,1-2H3. The van der Waals surface area contributed by atoms with Crippen LogP contribution in [0.2, 0.25) is 0 Å². The lowest BCUT2D eigenvalue weighted by Crippen LogP contribution is -1.88. The second-order valence-corrected chi connectivity index (χ2v) is 9.39. The van der Waals surface area contributed by atoms with Gasteiger partial charge >= 0.3 is 0 Å². The van der Waals surface area contributed by atoms with Crippen LogP contribution >= 0.6 is 22.7 Å². The van der Waals surface area contributed by atoms with Crippen LogP contribution in [0.4, 0.5) is 0 Å². The molecular weight excluding hydrogens is 406 g/mol. The van der Waals surface area contributed by atoms with E-state index in [2.05, 4.69) is 38.1 Å². The highest BCUT2D eigenvalue weighted by molar-refractivity contribution is 7.15. The first-order valence-electron chi connectivity index (χ1n) is 9.72. The van der Waals surface area contributed by atoms with Crippen molar-refractivity contribution in [3.8, 4) is 43.9 Å². The third kappa shape index (κ3) is 3.58. The minimum Gasteiger partial charge on any atom is -0.243 e. The minimum atomic E-state index is 0.886. The normalized spacial score (nSPS) is 11.0. The van der Waals surface area contributed by atoms with Crippen LogP contribution in [-0.4, -0.2) is 15.0 Å². The highest BCUT2D eigenvalue weighted by Crippen LogP contribution is 2.35. The van der Waals surface area contributed by atoms with Gasteiger partial charge in [-0.2, -0.15) is 0 Å². The van der Waals surface area contributed by atoms with E-state index in [1.54, 1.807) is 22.7 Å². The average molecular weight is 426 g/mol. The predicted octanol–water partition coefficient (Wildman–Crippen LogP) is 7.28. The fraction of sp³-hybridized carbons (Fsp3) is 0.0800. The molecule has 0 amide bonds. The van der Waals surface area contributed by atoms with Gasteiger partial charge in [0, 0.05) is 20.9 Å². The van der Waals surface area contributed by atoms with Gasteiger partial charge < -0.3 is 0 Å². The van der Waals surface area contributed by atoms with Crippen LogP contribution in [0, 0.1) is 13.8 Å². The number of nitrogens with zero attached hydrogens (tertiary/aromatic N) is 3. The summed E-state index contributed by atoms with van der Waals surface area (Å²) < 4.78 is 0. The maximum atomic E-state index is 4.91. The van der Waals surface area contributed by atoms with Gasteiger partial charge in [0.25, 0.3) is 0 Å². The number of pyridine rings is 1. The minimum absolute atomic E-state index is 0.886. The fourth-order valence-corrected chi connectivity index (χ4v) is 5.22. The van der Waals surface area contributed by atoms with Crippen molar-refractivity contribution in [1.29, 1.82) is 0 Å². The summed E-state index contributed by atoms with van der Waals surface area (Å²) in [5.41, 5.74) is 6.10. The summed E-state index contributed by atoms with van der Waals surface area (Å²) in [7, 11) is 0. The molecule has 0 bridgehead atoms. The Bertz CT molecular complexity index is 1210. The maximum Gasteiger partial charge on any atom is 0.142 e. The number of hydrogen-bond donors (Lipinski definition) is 0. The monoisotopic (exact) mass is 425 g/mol. The Hall–Kier alpha value is -3.15. The zero-order chi connectivity index (χ0) is 20.5. The molecule has 30 heavy (non-hydrogen) atoms. The first kappa shape index (κ1) is 18.9. The van der Waals surface area contributed by atoms with Crippen molar-refractivity contribution >= 4 is 22.7 Å². The van der Waals surface area contributed by atoms with Gasteiger partial charge in [-0.15, -0.1) is 22.7 Å². The number of aryl methyl sites for hydroxylation is 2. The van der Waals surface area contributed by atoms with Gasteiger partial charge in [0.1, 0.15) is 10.0 Å². The molecule has 146 valence electrons. The molecule has 5 aromatic rings. The van der Waals surface area contributed by atoms with Crippen LogP contribution in [0.5, 0.6) is 0 Å². The molecule has 0 saturated heterocycles. The van der Waals surface area contributed by atoms with Crippen molar-refractivity contribution < 1.29 is 0 Å². The summed E-state index contributed by atoms with van der Waals surface area (Å²) in [6.45, 7) is 4.23. The highest BCUT2D eigenvalue weighted by atomic mass is 32.1. The molecule has 0 aliphatic carbocycles. The lowest BCUT2D eigenvalue weighted by atomic mass is 10.1. The Kier molecular flexibility index (Phi) is 4.99. The first-order chi connectivity index (χ1) is 14.7. The summed E-state index contributed by atoms with van der Waals surface area (Å²) in [5, 5.41) is 1.87. The molecule has 0 aliphatic rings. The molecule has 2 aromatic carbocycles. The van der Waals surface area contributed by atoms with Crippen molar-refractivity contribution in [3.63, 3.8) is 0 Å². The van der Waals surface area contributed by atoms with E-state index in [1.807, 2.05) is 54.6 Å². The van der Waals surface area contributed by atoms with E-state index in [4.69, 9.17) is 15.0 Å². The molecule has 0 N–H and O–H groups in total. The fourth-order valence-electron chi connectivity index (χ4n) is 3.41. The molecule has 3 nitrogen and oxygen atoms in total. The molecule has 5 heteroatoms. The van der Waals surface area contributed by atoms with Crippen LogP contribution < -0.4 is 0 Å². The molecule has 3 aromatic heterocycles. The number of aromatic nitrogens is 3. The summed E-state index contributed by atoms with van der Waals surface area (Å²) in [6.07, 6.45) is 0. The highest BCUT2D eigenvalue weighted by Gasteiger charge is 2.15. The molecule has 5 rings (SSSR count). The van der Waals surface area contributed by atoms with Gasteiger partial charge in [-0.25, -0.2) is 15.0 Å². The van der Waals surface area contributed by atoms with Gasteiger partial charge in [0.15, 0.2) is 0 Å². The Morgan fingerprint density at radius 3 is 1.37 bits per heavy atom. The van der Waals surface area contributed by atoms with Crippen LogP contribution in [0.25, 0.3) is 43.9 Å². The molecule has 0 atom stereocenters. The summed E-state index contributed by atoms with van der Waals surface area (Å²) in [4.78, 5) is 17.1. The zero-order valence-electron chi connectivity index (χ0n) is 16.7. The number of benzene rings is 2. The van der Waals surface area contributed by atoms with Crippen molar-refractivity contribution in [2.24, 2.45) is 0 Å². The van der Waals surface area contributed by atoms with Gasteiger partial charge in [-0.1, -0.05) is 66.7 Å². The molecule has 0 aliphatic heterocycles. The molecule has 3 heterocycles. The average Bonchev–Trinajstić information content (AvgIpc) is 3.38. The van der Waals surface area contributed by atoms with Crippen LogP contribution in [-0.2, 0) is 0 Å². The quantitative estimate of drug-likeness (QED) is 0.304. The van der Waals surface area contributed by atoms with Crippen molar-refractivity contribution in [3.05, 3.63) is 88.6 Å². The van der Waals surface area contributed by atoms with Crippen LogP contribution in [0.15, 0.2) is 78.9 Å². The van der Waals surface area contributed by atoms with Crippen molar-refractivity contribution in [2.45, 2.75) is 13.8 Å². The second-order valence-electron chi connectivity index (χ2n) is 6.99. The molecule has 0 unspecified atom stereocenters. The first-order valence-corrected chi connectivity index (χ1v) is 11.4. The van der Waals surface area contributed by atoms with E-state index >= 15 is 0 Å². The number of thiazole rings is 2. The molecular formula is C25H19N3S2. The number of hydrogen-bond acceptors (Lipinski definition) is 5.